The summed E-state index contributed by atoms with van der Waals surface area (Å²) >= 11 is 0. The number of nitrogens with one attached hydrogen (secondary N) is 1. The van der Waals surface area contributed by atoms with Gasteiger partial charge in [0.25, 0.3) is 5.91 Å². The molecule has 0 saturated carbocycles. The summed E-state index contributed by atoms with van der Waals surface area (Å²) in [7, 11) is 0. The molecule has 1 aromatic heterocycles. The van der Waals surface area contributed by atoms with Crippen LogP contribution in [-0.4, -0.2) is 40.1 Å². The van der Waals surface area contributed by atoms with Crippen LogP contribution >= 0.6 is 0 Å². The van der Waals surface area contributed by atoms with Crippen LogP contribution < -0.4 is 5.32 Å². The van der Waals surface area contributed by atoms with Gasteiger partial charge in [0, 0.05) is 19.1 Å². The largest absolute Gasteiger partial charge is 0.476 e. The number of aromatic carboxylic acids is 1. The van der Waals surface area contributed by atoms with E-state index in [0.29, 0.717) is 13.2 Å². The third-order valence-corrected chi connectivity index (χ3v) is 4.20. The molecule has 0 bridgehead atoms. The van der Waals surface area contributed by atoms with Crippen molar-refractivity contribution in [2.75, 3.05) is 13.2 Å². The third-order valence-electron chi connectivity index (χ3n) is 4.20. The monoisotopic (exact) mass is 341 g/mol. The molecule has 1 aliphatic rings. The van der Waals surface area contributed by atoms with Crippen molar-refractivity contribution < 1.29 is 19.4 Å². The zero-order chi connectivity index (χ0) is 17.6. The van der Waals surface area contributed by atoms with E-state index in [-0.39, 0.29) is 29.3 Å². The molecule has 1 aliphatic heterocycles. The molecular weight excluding hydrogens is 322 g/mol. The highest BCUT2D eigenvalue weighted by Crippen LogP contribution is 2.33. The van der Waals surface area contributed by atoms with Crippen molar-refractivity contribution in [1.82, 2.24) is 15.3 Å². The van der Waals surface area contributed by atoms with E-state index < -0.39 is 5.97 Å². The van der Waals surface area contributed by atoms with Gasteiger partial charge in [0.15, 0.2) is 5.69 Å². The first-order valence-electron chi connectivity index (χ1n) is 8.15. The first-order chi connectivity index (χ1) is 12.1. The molecule has 7 heteroatoms. The smallest absolute Gasteiger partial charge is 0.356 e. The van der Waals surface area contributed by atoms with Gasteiger partial charge in [-0.15, -0.1) is 0 Å². The van der Waals surface area contributed by atoms with Gasteiger partial charge >= 0.3 is 5.97 Å². The van der Waals surface area contributed by atoms with E-state index in [2.05, 4.69) is 15.3 Å². The van der Waals surface area contributed by atoms with Gasteiger partial charge in [-0.25, -0.2) is 14.8 Å². The van der Waals surface area contributed by atoms with Gasteiger partial charge in [-0.05, 0) is 18.4 Å². The van der Waals surface area contributed by atoms with Gasteiger partial charge in [0.05, 0.1) is 18.5 Å². The topological polar surface area (TPSA) is 101 Å². The van der Waals surface area contributed by atoms with Crippen molar-refractivity contribution in [2.45, 2.75) is 18.9 Å². The minimum Gasteiger partial charge on any atom is -0.476 e. The van der Waals surface area contributed by atoms with Gasteiger partial charge < -0.3 is 15.2 Å². The third kappa shape index (κ3) is 4.19. The van der Waals surface area contributed by atoms with Crippen molar-refractivity contribution in [3.05, 3.63) is 59.7 Å². The van der Waals surface area contributed by atoms with Gasteiger partial charge in [-0.1, -0.05) is 30.3 Å². The van der Waals surface area contributed by atoms with Gasteiger partial charge in [-0.2, -0.15) is 0 Å². The average molecular weight is 341 g/mol. The summed E-state index contributed by atoms with van der Waals surface area (Å²) in [5.74, 6) is -1.38. The second-order valence-electron chi connectivity index (χ2n) is 5.91. The standard InChI is InChI=1S/C18H19N3O4/c22-17(14-10-20-15(11-19-14)18(23)24)21-9-13-7-4-8-25-16(13)12-5-2-1-3-6-12/h1-3,5-6,10-11,13,16H,4,7-9H2,(H,21,22)(H,23,24). The van der Waals surface area contributed by atoms with Crippen molar-refractivity contribution in [3.63, 3.8) is 0 Å². The Morgan fingerprint density at radius 3 is 2.56 bits per heavy atom. The molecule has 2 aromatic rings. The second kappa shape index (κ2) is 7.85. The van der Waals surface area contributed by atoms with Crippen LogP contribution in [0.3, 0.4) is 0 Å². The molecule has 1 amide bonds. The molecule has 1 aromatic carbocycles. The number of nitrogens with zero attached hydrogens (tertiary/aromatic N) is 2. The predicted octanol–water partition coefficient (Wildman–Crippen LogP) is 2.07. The maximum atomic E-state index is 12.2. The summed E-state index contributed by atoms with van der Waals surface area (Å²) in [5.41, 5.74) is 1.01. The van der Waals surface area contributed by atoms with Gasteiger partial charge in [-0.3, -0.25) is 4.79 Å². The van der Waals surface area contributed by atoms with Crippen LogP contribution in [0.2, 0.25) is 0 Å². The summed E-state index contributed by atoms with van der Waals surface area (Å²) in [6.07, 6.45) is 4.12. The van der Waals surface area contributed by atoms with Crippen LogP contribution in [0.4, 0.5) is 0 Å². The van der Waals surface area contributed by atoms with Crippen molar-refractivity contribution in [2.24, 2.45) is 5.92 Å². The zero-order valence-electron chi connectivity index (χ0n) is 13.6. The lowest BCUT2D eigenvalue weighted by Crippen LogP contribution is -2.35. The number of hydrogen-bond acceptors (Lipinski definition) is 5. The van der Waals surface area contributed by atoms with Crippen molar-refractivity contribution >= 4 is 11.9 Å². The SMILES string of the molecule is O=C(O)c1cnc(C(=O)NCC2CCCOC2c2ccccc2)cn1. The second-order valence-corrected chi connectivity index (χ2v) is 5.91. The number of benzene rings is 1. The lowest BCUT2D eigenvalue weighted by molar-refractivity contribution is -0.0272. The van der Waals surface area contributed by atoms with Crippen LogP contribution in [-0.2, 0) is 4.74 Å². The molecule has 2 N–H and O–H groups in total. The lowest BCUT2D eigenvalue weighted by Gasteiger charge is -2.32. The first-order valence-corrected chi connectivity index (χ1v) is 8.15. The fourth-order valence-corrected chi connectivity index (χ4v) is 2.93. The van der Waals surface area contributed by atoms with Crippen molar-refractivity contribution in [1.29, 1.82) is 0 Å². The molecule has 7 nitrogen and oxygen atoms in total. The molecule has 1 fully saturated rings. The van der Waals surface area contributed by atoms with Crippen LogP contribution in [0.15, 0.2) is 42.7 Å². The summed E-state index contributed by atoms with van der Waals surface area (Å²) in [5, 5.41) is 11.7. The molecule has 0 radical (unpaired) electrons. The van der Waals surface area contributed by atoms with E-state index in [9.17, 15) is 9.59 Å². The summed E-state index contributed by atoms with van der Waals surface area (Å²) in [6, 6.07) is 9.97. The van der Waals surface area contributed by atoms with Crippen LogP contribution in [0.25, 0.3) is 0 Å². The maximum absolute atomic E-state index is 12.2. The highest BCUT2D eigenvalue weighted by atomic mass is 16.5. The predicted molar refractivity (Wildman–Crippen MR) is 89.2 cm³/mol. The molecule has 130 valence electrons. The number of carbonyl (C=O) groups is 2. The van der Waals surface area contributed by atoms with Crippen LogP contribution in [0.1, 0.15) is 45.5 Å². The molecule has 1 saturated heterocycles. The summed E-state index contributed by atoms with van der Waals surface area (Å²) in [6.45, 7) is 1.17. The van der Waals surface area contributed by atoms with Gasteiger partial charge in [0.1, 0.15) is 5.69 Å². The minimum absolute atomic E-state index is 0.0456. The van der Waals surface area contributed by atoms with E-state index in [1.807, 2.05) is 30.3 Å². The minimum atomic E-state index is -1.18. The van der Waals surface area contributed by atoms with E-state index >= 15 is 0 Å². The lowest BCUT2D eigenvalue weighted by atomic mass is 9.89. The summed E-state index contributed by atoms with van der Waals surface area (Å²) in [4.78, 5) is 30.5. The number of amides is 1. The quantitative estimate of drug-likeness (QED) is 0.863. The number of carboxylic acid groups (broad SMARTS) is 1. The number of carboxylic acids is 1. The van der Waals surface area contributed by atoms with Crippen molar-refractivity contribution in [3.8, 4) is 0 Å². The molecule has 0 spiro atoms. The number of carbonyl (C=O) groups excluding carboxylic acids is 1. The Labute approximate surface area is 145 Å². The highest BCUT2D eigenvalue weighted by molar-refractivity contribution is 5.92. The van der Waals surface area contributed by atoms with E-state index in [4.69, 9.17) is 9.84 Å². The highest BCUT2D eigenvalue weighted by Gasteiger charge is 2.27. The Morgan fingerprint density at radius 1 is 1.16 bits per heavy atom. The number of ether oxygens (including phenoxy) is 1. The Kier molecular flexibility index (Phi) is 5.35. The average Bonchev–Trinajstić information content (AvgIpc) is 2.67. The van der Waals surface area contributed by atoms with E-state index in [1.165, 1.54) is 6.20 Å². The number of aromatic nitrogens is 2. The molecule has 2 heterocycles. The Morgan fingerprint density at radius 2 is 1.88 bits per heavy atom. The molecule has 3 rings (SSSR count). The Bertz CT molecular complexity index is 734. The van der Waals surface area contributed by atoms with Crippen LogP contribution in [0, 0.1) is 5.92 Å². The molecule has 2 atom stereocenters. The fourth-order valence-electron chi connectivity index (χ4n) is 2.93. The fraction of sp³-hybridized carbons (Fsp3) is 0.333. The number of hydrogen-bond donors (Lipinski definition) is 2. The molecule has 0 aliphatic carbocycles. The molecule has 2 unspecified atom stereocenters. The normalized spacial score (nSPS) is 20.0. The number of rotatable bonds is 5. The Hall–Kier alpha value is -2.80. The van der Waals surface area contributed by atoms with Crippen LogP contribution in [0.5, 0.6) is 0 Å². The van der Waals surface area contributed by atoms with E-state index in [0.717, 1.165) is 24.6 Å². The molecule has 25 heavy (non-hydrogen) atoms. The molecular formula is C18H19N3O4. The first kappa shape index (κ1) is 17.0. The zero-order valence-corrected chi connectivity index (χ0v) is 13.6. The van der Waals surface area contributed by atoms with E-state index in [1.54, 1.807) is 0 Å². The summed E-state index contributed by atoms with van der Waals surface area (Å²) < 4.78 is 5.91. The Balaban J connectivity index is 1.62. The maximum Gasteiger partial charge on any atom is 0.356 e. The van der Waals surface area contributed by atoms with Gasteiger partial charge in [0.2, 0.25) is 0 Å².